The number of hydrogen-bond donors (Lipinski definition) is 2. The van der Waals surface area contributed by atoms with Crippen LogP contribution in [0, 0.1) is 5.82 Å². The monoisotopic (exact) mass is 444 g/mol. The number of aromatic nitrogens is 3. The van der Waals surface area contributed by atoms with Crippen LogP contribution in [0.5, 0.6) is 0 Å². The number of rotatable bonds is 7. The molecular formula is C22H22ClFN4O3. The van der Waals surface area contributed by atoms with Crippen LogP contribution in [0.15, 0.2) is 53.6 Å². The van der Waals surface area contributed by atoms with Gasteiger partial charge in [-0.3, -0.25) is 4.79 Å². The van der Waals surface area contributed by atoms with Crippen LogP contribution in [-0.4, -0.2) is 45.5 Å². The molecular weight excluding hydrogens is 423 g/mol. The largest absolute Gasteiger partial charge is 0.396 e. The van der Waals surface area contributed by atoms with Crippen LogP contribution in [0.2, 0.25) is 5.02 Å². The molecule has 0 unspecified atom stereocenters. The zero-order chi connectivity index (χ0) is 21.8. The van der Waals surface area contributed by atoms with Crippen molar-refractivity contribution in [2.75, 3.05) is 25.1 Å². The molecule has 1 aliphatic rings. The number of pyridine rings is 1. The zero-order valence-electron chi connectivity index (χ0n) is 16.7. The summed E-state index contributed by atoms with van der Waals surface area (Å²) in [5.41, 5.74) is 1.51. The lowest BCUT2D eigenvalue weighted by atomic mass is 10.0. The van der Waals surface area contributed by atoms with E-state index >= 15 is 0 Å². The summed E-state index contributed by atoms with van der Waals surface area (Å²) in [7, 11) is 0. The second-order valence-corrected chi connectivity index (χ2v) is 7.74. The van der Waals surface area contributed by atoms with Crippen molar-refractivity contribution in [3.8, 4) is 11.3 Å². The number of nitrogens with one attached hydrogen (secondary N) is 1. The van der Waals surface area contributed by atoms with Crippen molar-refractivity contribution in [2.24, 2.45) is 0 Å². The normalized spacial score (nSPS) is 16.9. The van der Waals surface area contributed by atoms with Crippen LogP contribution < -0.4 is 10.9 Å². The summed E-state index contributed by atoms with van der Waals surface area (Å²) in [6, 6.07) is 9.00. The van der Waals surface area contributed by atoms with Gasteiger partial charge in [0.05, 0.1) is 29.4 Å². The molecule has 3 heterocycles. The van der Waals surface area contributed by atoms with Crippen molar-refractivity contribution in [3.63, 3.8) is 0 Å². The summed E-state index contributed by atoms with van der Waals surface area (Å²) < 4.78 is 20.8. The smallest absolute Gasteiger partial charge is 0.251 e. The van der Waals surface area contributed by atoms with Crippen molar-refractivity contribution in [2.45, 2.75) is 24.9 Å². The average molecular weight is 445 g/mol. The lowest BCUT2D eigenvalue weighted by Crippen LogP contribution is -2.25. The molecule has 0 radical (unpaired) electrons. The standard InChI is InChI=1S/C22H22ClFN4O3/c23-17-2-1-15(11-18(17)24)20(5-9-29)28-8-4-14(12-21(28)30)19-3-7-25-22(27-19)26-16-6-10-31-13-16/h1-4,7-8,11-12,16,20,29H,5-6,9-10,13H2,(H,25,26,27)/t16-,20-/m1/s1. The number of anilines is 1. The molecule has 0 bridgehead atoms. The van der Waals surface area contributed by atoms with E-state index in [-0.39, 0.29) is 29.7 Å². The molecule has 1 saturated heterocycles. The third-order valence-corrected chi connectivity index (χ3v) is 5.54. The van der Waals surface area contributed by atoms with E-state index in [0.717, 1.165) is 6.42 Å². The van der Waals surface area contributed by atoms with Crippen molar-refractivity contribution < 1.29 is 14.2 Å². The van der Waals surface area contributed by atoms with Gasteiger partial charge in [-0.1, -0.05) is 17.7 Å². The van der Waals surface area contributed by atoms with Gasteiger partial charge < -0.3 is 19.7 Å². The van der Waals surface area contributed by atoms with Gasteiger partial charge in [0, 0.05) is 37.2 Å². The first-order valence-corrected chi connectivity index (χ1v) is 10.4. The minimum absolute atomic E-state index is 0.00605. The number of nitrogens with zero attached hydrogens (tertiary/aromatic N) is 3. The molecule has 0 spiro atoms. The topological polar surface area (TPSA) is 89.3 Å². The molecule has 0 amide bonds. The summed E-state index contributed by atoms with van der Waals surface area (Å²) in [4.78, 5) is 21.7. The van der Waals surface area contributed by atoms with E-state index in [1.807, 2.05) is 0 Å². The summed E-state index contributed by atoms with van der Waals surface area (Å²) >= 11 is 5.78. The van der Waals surface area contributed by atoms with Gasteiger partial charge in [-0.2, -0.15) is 0 Å². The number of ether oxygens (including phenoxy) is 1. The maximum Gasteiger partial charge on any atom is 0.251 e. The number of hydrogen-bond acceptors (Lipinski definition) is 6. The maximum absolute atomic E-state index is 14.0. The molecule has 4 rings (SSSR count). The summed E-state index contributed by atoms with van der Waals surface area (Å²) in [5.74, 6) is -0.0903. The molecule has 9 heteroatoms. The molecule has 0 saturated carbocycles. The fraction of sp³-hybridized carbons (Fsp3) is 0.318. The molecule has 1 aliphatic heterocycles. The van der Waals surface area contributed by atoms with Gasteiger partial charge in [-0.05, 0) is 42.7 Å². The van der Waals surface area contributed by atoms with Gasteiger partial charge >= 0.3 is 0 Å². The Morgan fingerprint density at radius 3 is 2.90 bits per heavy atom. The highest BCUT2D eigenvalue weighted by Gasteiger charge is 2.18. The van der Waals surface area contributed by atoms with Crippen molar-refractivity contribution >= 4 is 17.5 Å². The van der Waals surface area contributed by atoms with Crippen LogP contribution in [0.3, 0.4) is 0 Å². The Kier molecular flexibility index (Phi) is 6.60. The molecule has 7 nitrogen and oxygen atoms in total. The summed E-state index contributed by atoms with van der Waals surface area (Å²) in [5, 5.41) is 12.7. The SMILES string of the molecule is O=c1cc(-c2ccnc(N[C@@H]3CCOC3)n2)ccn1[C@H](CCO)c1ccc(Cl)c(F)c1. The molecule has 162 valence electrons. The Morgan fingerprint density at radius 1 is 1.32 bits per heavy atom. The van der Waals surface area contributed by atoms with E-state index in [1.165, 1.54) is 22.8 Å². The fourth-order valence-corrected chi connectivity index (χ4v) is 3.75. The number of aliphatic hydroxyl groups is 1. The van der Waals surface area contributed by atoms with Crippen LogP contribution >= 0.6 is 11.6 Å². The predicted octanol–water partition coefficient (Wildman–Crippen LogP) is 3.27. The van der Waals surface area contributed by atoms with Gasteiger partial charge in [0.1, 0.15) is 5.82 Å². The van der Waals surface area contributed by atoms with Gasteiger partial charge in [-0.25, -0.2) is 14.4 Å². The Morgan fingerprint density at radius 2 is 2.19 bits per heavy atom. The minimum atomic E-state index is -0.569. The molecule has 2 atom stereocenters. The van der Waals surface area contributed by atoms with Crippen LogP contribution in [0.4, 0.5) is 10.3 Å². The van der Waals surface area contributed by atoms with E-state index in [2.05, 4.69) is 15.3 Å². The van der Waals surface area contributed by atoms with Gasteiger partial charge in [0.15, 0.2) is 0 Å². The number of benzene rings is 1. The first kappa shape index (κ1) is 21.4. The second-order valence-electron chi connectivity index (χ2n) is 7.33. The molecule has 0 aliphatic carbocycles. The third kappa shape index (κ3) is 4.92. The predicted molar refractivity (Wildman–Crippen MR) is 116 cm³/mol. The highest BCUT2D eigenvalue weighted by atomic mass is 35.5. The Balaban J connectivity index is 1.62. The van der Waals surface area contributed by atoms with Crippen LogP contribution in [-0.2, 0) is 4.74 Å². The van der Waals surface area contributed by atoms with Gasteiger partial charge in [0.25, 0.3) is 5.56 Å². The number of halogens is 2. The Hall–Kier alpha value is -2.81. The first-order chi connectivity index (χ1) is 15.0. The van der Waals surface area contributed by atoms with E-state index in [1.54, 1.807) is 30.6 Å². The van der Waals surface area contributed by atoms with E-state index < -0.39 is 11.9 Å². The Bertz CT molecular complexity index is 1120. The van der Waals surface area contributed by atoms with Crippen molar-refractivity contribution in [1.29, 1.82) is 0 Å². The van der Waals surface area contributed by atoms with Gasteiger partial charge in [0.2, 0.25) is 5.95 Å². The lowest BCUT2D eigenvalue weighted by Gasteiger charge is -2.20. The van der Waals surface area contributed by atoms with Crippen LogP contribution in [0.25, 0.3) is 11.3 Å². The molecule has 3 aromatic rings. The number of aliphatic hydroxyl groups excluding tert-OH is 1. The molecule has 2 N–H and O–H groups in total. The van der Waals surface area contributed by atoms with Crippen LogP contribution in [0.1, 0.15) is 24.4 Å². The second kappa shape index (κ2) is 9.55. The highest BCUT2D eigenvalue weighted by Crippen LogP contribution is 2.25. The average Bonchev–Trinajstić information content (AvgIpc) is 3.27. The molecule has 2 aromatic heterocycles. The summed E-state index contributed by atoms with van der Waals surface area (Å²) in [6.07, 6.45) is 4.41. The zero-order valence-corrected chi connectivity index (χ0v) is 17.4. The molecule has 1 aromatic carbocycles. The Labute approximate surface area is 183 Å². The minimum Gasteiger partial charge on any atom is -0.396 e. The lowest BCUT2D eigenvalue weighted by molar-refractivity contribution is 0.195. The van der Waals surface area contributed by atoms with E-state index in [4.69, 9.17) is 16.3 Å². The van der Waals surface area contributed by atoms with Crippen molar-refractivity contribution in [1.82, 2.24) is 14.5 Å². The van der Waals surface area contributed by atoms with Crippen molar-refractivity contribution in [3.05, 3.63) is 75.5 Å². The van der Waals surface area contributed by atoms with E-state index in [9.17, 15) is 14.3 Å². The highest BCUT2D eigenvalue weighted by molar-refractivity contribution is 6.30. The third-order valence-electron chi connectivity index (χ3n) is 5.23. The first-order valence-electron chi connectivity index (χ1n) is 10.0. The van der Waals surface area contributed by atoms with E-state index in [0.29, 0.717) is 36.0 Å². The maximum atomic E-state index is 14.0. The summed E-state index contributed by atoms with van der Waals surface area (Å²) in [6.45, 7) is 1.16. The van der Waals surface area contributed by atoms with Gasteiger partial charge in [-0.15, -0.1) is 0 Å². The molecule has 1 fully saturated rings. The quantitative estimate of drug-likeness (QED) is 0.581. The fourth-order valence-electron chi connectivity index (χ4n) is 3.63. The molecule has 31 heavy (non-hydrogen) atoms.